The molecule has 1 saturated carbocycles. The van der Waals surface area contributed by atoms with Crippen LogP contribution in [0, 0.1) is 5.92 Å². The molecule has 1 amide bonds. The van der Waals surface area contributed by atoms with E-state index in [-0.39, 0.29) is 5.92 Å². The van der Waals surface area contributed by atoms with Crippen molar-refractivity contribution in [3.8, 4) is 5.75 Å². The van der Waals surface area contributed by atoms with Crippen molar-refractivity contribution in [1.29, 1.82) is 0 Å². The van der Waals surface area contributed by atoms with E-state index < -0.39 is 22.8 Å². The molecule has 6 heteroatoms. The number of benzene rings is 1. The molecule has 0 heterocycles. The van der Waals surface area contributed by atoms with Gasteiger partial charge in [0, 0.05) is 5.56 Å². The van der Waals surface area contributed by atoms with Crippen LogP contribution in [-0.2, 0) is 14.3 Å². The predicted octanol–water partition coefficient (Wildman–Crippen LogP) is 3.21. The van der Waals surface area contributed by atoms with E-state index in [2.05, 4.69) is 5.32 Å². The highest BCUT2D eigenvalue weighted by Gasteiger charge is 2.48. The minimum atomic E-state index is -1.01. The summed E-state index contributed by atoms with van der Waals surface area (Å²) in [4.78, 5) is 25.2. The zero-order valence-corrected chi connectivity index (χ0v) is 15.1. The molecule has 0 aromatic heterocycles. The molecule has 132 valence electrons. The number of hydrogen-bond acceptors (Lipinski definition) is 4. The Morgan fingerprint density at radius 2 is 2.00 bits per heavy atom. The third-order valence-corrected chi connectivity index (χ3v) is 5.27. The van der Waals surface area contributed by atoms with Crippen molar-refractivity contribution in [3.05, 3.63) is 29.8 Å². The molecule has 1 aliphatic rings. The first-order chi connectivity index (χ1) is 11.5. The molecule has 0 bridgehead atoms. The number of esters is 1. The van der Waals surface area contributed by atoms with Gasteiger partial charge in [-0.05, 0) is 24.8 Å². The van der Waals surface area contributed by atoms with E-state index in [1.807, 2.05) is 13.0 Å². The maximum atomic E-state index is 12.7. The number of amides is 1. The van der Waals surface area contributed by atoms with Gasteiger partial charge in [-0.25, -0.2) is 4.79 Å². The minimum absolute atomic E-state index is 0.0100. The van der Waals surface area contributed by atoms with Gasteiger partial charge in [0.15, 0.2) is 0 Å². The Hall–Kier alpha value is -1.75. The summed E-state index contributed by atoms with van der Waals surface area (Å²) in [5.74, 6) is -0.298. The first-order valence-corrected chi connectivity index (χ1v) is 8.57. The van der Waals surface area contributed by atoms with Gasteiger partial charge in [-0.2, -0.15) is 0 Å². The maximum absolute atomic E-state index is 12.7. The average molecular weight is 354 g/mol. The van der Waals surface area contributed by atoms with Gasteiger partial charge in [0.2, 0.25) is 5.91 Å². The van der Waals surface area contributed by atoms with Crippen LogP contribution < -0.4 is 10.1 Å². The second-order valence-electron chi connectivity index (χ2n) is 6.20. The first-order valence-electron chi connectivity index (χ1n) is 8.13. The summed E-state index contributed by atoms with van der Waals surface area (Å²) in [6, 6.07) is 7.09. The first kappa shape index (κ1) is 18.6. The third-order valence-electron chi connectivity index (χ3n) is 4.84. The Morgan fingerprint density at radius 3 is 2.62 bits per heavy atom. The highest BCUT2D eigenvalue weighted by Crippen LogP contribution is 2.36. The fourth-order valence-electron chi connectivity index (χ4n) is 3.37. The van der Waals surface area contributed by atoms with Crippen molar-refractivity contribution in [1.82, 2.24) is 5.32 Å². The number of rotatable bonds is 5. The summed E-state index contributed by atoms with van der Waals surface area (Å²) in [5, 5.41) is 1.93. The predicted molar refractivity (Wildman–Crippen MR) is 92.1 cm³/mol. The van der Waals surface area contributed by atoms with Gasteiger partial charge in [-0.3, -0.25) is 4.79 Å². The molecule has 2 rings (SSSR count). The molecule has 1 aromatic carbocycles. The van der Waals surface area contributed by atoms with Crippen LogP contribution in [0.3, 0.4) is 0 Å². The normalized spacial score (nSPS) is 24.8. The van der Waals surface area contributed by atoms with Crippen LogP contribution in [0.25, 0.3) is 0 Å². The zero-order chi connectivity index (χ0) is 17.7. The second-order valence-corrected chi connectivity index (χ2v) is 6.64. The monoisotopic (exact) mass is 353 g/mol. The number of carbonyl (C=O) groups is 2. The van der Waals surface area contributed by atoms with Crippen molar-refractivity contribution in [3.63, 3.8) is 0 Å². The summed E-state index contributed by atoms with van der Waals surface area (Å²) < 4.78 is 10.2. The number of methoxy groups -OCH3 is 2. The van der Waals surface area contributed by atoms with Crippen LogP contribution in [-0.4, -0.2) is 31.6 Å². The van der Waals surface area contributed by atoms with Gasteiger partial charge in [0.1, 0.15) is 16.7 Å². The topological polar surface area (TPSA) is 64.6 Å². The quantitative estimate of drug-likeness (QED) is 0.652. The van der Waals surface area contributed by atoms with E-state index in [9.17, 15) is 9.59 Å². The largest absolute Gasteiger partial charge is 0.496 e. The van der Waals surface area contributed by atoms with Gasteiger partial charge in [-0.1, -0.05) is 38.0 Å². The van der Waals surface area contributed by atoms with Crippen molar-refractivity contribution in [2.24, 2.45) is 5.92 Å². The molecule has 1 aromatic rings. The fourth-order valence-corrected chi connectivity index (χ4v) is 3.60. The summed E-state index contributed by atoms with van der Waals surface area (Å²) in [6.45, 7) is 1.96. The molecule has 3 unspecified atom stereocenters. The van der Waals surface area contributed by atoms with E-state index in [4.69, 9.17) is 21.1 Å². The van der Waals surface area contributed by atoms with Gasteiger partial charge in [0.25, 0.3) is 0 Å². The number of alkyl halides is 1. The highest BCUT2D eigenvalue weighted by atomic mass is 35.5. The number of para-hydroxylation sites is 1. The Kier molecular flexibility index (Phi) is 6.10. The Morgan fingerprint density at radius 1 is 1.29 bits per heavy atom. The Bertz CT molecular complexity index is 606. The third kappa shape index (κ3) is 3.51. The standard InChI is InChI=1S/C18H24ClNO4/c1-12-8-6-7-11-18(12,17(22)24-3)20-16(21)15(19)13-9-4-5-10-14(13)23-2/h4-5,9-10,12,15H,6-8,11H2,1-3H3,(H,20,21). The molecule has 0 spiro atoms. The summed E-state index contributed by atoms with van der Waals surface area (Å²) in [7, 11) is 2.87. The molecule has 5 nitrogen and oxygen atoms in total. The van der Waals surface area contributed by atoms with Crippen molar-refractivity contribution in [2.75, 3.05) is 14.2 Å². The molecule has 24 heavy (non-hydrogen) atoms. The zero-order valence-electron chi connectivity index (χ0n) is 14.3. The second kappa shape index (κ2) is 7.88. The van der Waals surface area contributed by atoms with E-state index in [0.717, 1.165) is 19.3 Å². The summed E-state index contributed by atoms with van der Waals surface area (Å²) in [6.07, 6.45) is 3.31. The van der Waals surface area contributed by atoms with Crippen molar-refractivity contribution in [2.45, 2.75) is 43.5 Å². The SMILES string of the molecule is COC(=O)C1(NC(=O)C(Cl)c2ccccc2OC)CCCCC1C. The van der Waals surface area contributed by atoms with Gasteiger partial charge >= 0.3 is 5.97 Å². The number of ether oxygens (including phenoxy) is 2. The van der Waals surface area contributed by atoms with Crippen LogP contribution >= 0.6 is 11.6 Å². The van der Waals surface area contributed by atoms with Crippen molar-refractivity contribution >= 4 is 23.5 Å². The lowest BCUT2D eigenvalue weighted by atomic mass is 9.73. The molecule has 3 atom stereocenters. The molecule has 1 fully saturated rings. The van der Waals surface area contributed by atoms with Crippen LogP contribution in [0.15, 0.2) is 24.3 Å². The lowest BCUT2D eigenvalue weighted by molar-refractivity contribution is -0.155. The van der Waals surface area contributed by atoms with Crippen LogP contribution in [0.1, 0.15) is 43.5 Å². The van der Waals surface area contributed by atoms with Crippen molar-refractivity contribution < 1.29 is 19.1 Å². The number of halogens is 1. The lowest BCUT2D eigenvalue weighted by Gasteiger charge is -2.41. The minimum Gasteiger partial charge on any atom is -0.496 e. The average Bonchev–Trinajstić information content (AvgIpc) is 2.62. The molecule has 1 N–H and O–H groups in total. The summed E-state index contributed by atoms with van der Waals surface area (Å²) >= 11 is 6.37. The van der Waals surface area contributed by atoms with Crippen LogP contribution in [0.4, 0.5) is 0 Å². The number of hydrogen-bond donors (Lipinski definition) is 1. The van der Waals surface area contributed by atoms with Crippen LogP contribution in [0.2, 0.25) is 0 Å². The molecular weight excluding hydrogens is 330 g/mol. The Labute approximate surface area is 147 Å². The molecule has 0 saturated heterocycles. The number of carbonyl (C=O) groups excluding carboxylic acids is 2. The number of nitrogens with one attached hydrogen (secondary N) is 1. The van der Waals surface area contributed by atoms with Gasteiger partial charge in [0.05, 0.1) is 14.2 Å². The van der Waals surface area contributed by atoms with E-state index in [1.165, 1.54) is 14.2 Å². The molecule has 0 radical (unpaired) electrons. The Balaban J connectivity index is 2.26. The molecule has 1 aliphatic carbocycles. The van der Waals surface area contributed by atoms with Gasteiger partial charge in [-0.15, -0.1) is 11.6 Å². The van der Waals surface area contributed by atoms with Gasteiger partial charge < -0.3 is 14.8 Å². The van der Waals surface area contributed by atoms with E-state index in [1.54, 1.807) is 18.2 Å². The maximum Gasteiger partial charge on any atom is 0.331 e. The highest BCUT2D eigenvalue weighted by molar-refractivity contribution is 6.31. The molecular formula is C18H24ClNO4. The fraction of sp³-hybridized carbons (Fsp3) is 0.556. The lowest BCUT2D eigenvalue weighted by Crippen LogP contribution is -2.61. The summed E-state index contributed by atoms with van der Waals surface area (Å²) in [5.41, 5.74) is -0.443. The van der Waals surface area contributed by atoms with Crippen LogP contribution in [0.5, 0.6) is 5.75 Å². The molecule has 0 aliphatic heterocycles. The van der Waals surface area contributed by atoms with E-state index >= 15 is 0 Å². The van der Waals surface area contributed by atoms with E-state index in [0.29, 0.717) is 17.7 Å². The smallest absolute Gasteiger partial charge is 0.331 e.